The summed E-state index contributed by atoms with van der Waals surface area (Å²) in [7, 11) is 1.73. The zero-order valence-electron chi connectivity index (χ0n) is 16.3. The molecule has 0 saturated heterocycles. The van der Waals surface area contributed by atoms with E-state index in [1.54, 1.807) is 7.05 Å². The van der Waals surface area contributed by atoms with E-state index in [2.05, 4.69) is 33.9 Å². The molecule has 0 fully saturated rings. The number of nitrogens with zero attached hydrogens (tertiary/aromatic N) is 1. The molecule has 2 aromatic carbocycles. The van der Waals surface area contributed by atoms with Crippen molar-refractivity contribution in [3.63, 3.8) is 0 Å². The van der Waals surface area contributed by atoms with Crippen molar-refractivity contribution in [2.24, 2.45) is 4.99 Å². The summed E-state index contributed by atoms with van der Waals surface area (Å²) in [5.41, 5.74) is 2.95. The van der Waals surface area contributed by atoms with Crippen LogP contribution < -0.4 is 16.0 Å². The van der Waals surface area contributed by atoms with E-state index in [1.807, 2.05) is 36.4 Å². The standard InChI is InChI=1S/C21H24Cl2N4O.HI/c1-13(20-16(22)7-5-8-17(20)23)11-25-21(24-2)26-12-14-10-19(28)27-18-9-4-3-6-15(14)18;/h3-9,13-14H,10-12H2,1-2H3,(H,27,28)(H2,24,25,26);1H. The number of fused-ring (bicyclic) bond motifs is 1. The van der Waals surface area contributed by atoms with Crippen molar-refractivity contribution >= 4 is 64.7 Å². The lowest BCUT2D eigenvalue weighted by molar-refractivity contribution is -0.116. The van der Waals surface area contributed by atoms with Gasteiger partial charge < -0.3 is 16.0 Å². The molecule has 1 amide bonds. The van der Waals surface area contributed by atoms with E-state index in [0.29, 0.717) is 35.5 Å². The van der Waals surface area contributed by atoms with Crippen LogP contribution in [0.2, 0.25) is 10.0 Å². The van der Waals surface area contributed by atoms with Gasteiger partial charge in [0.05, 0.1) is 0 Å². The van der Waals surface area contributed by atoms with Gasteiger partial charge in [0.2, 0.25) is 5.91 Å². The highest BCUT2D eigenvalue weighted by Crippen LogP contribution is 2.32. The minimum Gasteiger partial charge on any atom is -0.356 e. The molecule has 0 saturated carbocycles. The Morgan fingerprint density at radius 2 is 1.86 bits per heavy atom. The third kappa shape index (κ3) is 5.99. The van der Waals surface area contributed by atoms with E-state index in [4.69, 9.17) is 23.2 Å². The summed E-state index contributed by atoms with van der Waals surface area (Å²) >= 11 is 12.6. The van der Waals surface area contributed by atoms with E-state index >= 15 is 0 Å². The van der Waals surface area contributed by atoms with Crippen molar-refractivity contribution in [1.29, 1.82) is 0 Å². The number of halogens is 3. The van der Waals surface area contributed by atoms with Crippen LogP contribution in [0.1, 0.15) is 36.3 Å². The lowest BCUT2D eigenvalue weighted by Crippen LogP contribution is -2.42. The number of aliphatic imine (C=N–C) groups is 1. The molecular formula is C21H25Cl2IN4O. The Kier molecular flexibility index (Phi) is 9.04. The van der Waals surface area contributed by atoms with Crippen LogP contribution in [0.4, 0.5) is 5.69 Å². The molecule has 0 radical (unpaired) electrons. The highest BCUT2D eigenvalue weighted by Gasteiger charge is 2.24. The first-order valence-corrected chi connectivity index (χ1v) is 10.0. The summed E-state index contributed by atoms with van der Waals surface area (Å²) in [6.07, 6.45) is 0.451. The molecule has 1 aliphatic rings. The fourth-order valence-corrected chi connectivity index (χ4v) is 4.23. The van der Waals surface area contributed by atoms with Crippen molar-refractivity contribution in [2.75, 3.05) is 25.5 Å². The van der Waals surface area contributed by atoms with Gasteiger partial charge in [0.25, 0.3) is 0 Å². The third-order valence-electron chi connectivity index (χ3n) is 4.91. The van der Waals surface area contributed by atoms with Crippen LogP contribution in [0.3, 0.4) is 0 Å². The zero-order chi connectivity index (χ0) is 20.1. The number of rotatable bonds is 5. The first-order chi connectivity index (χ1) is 13.5. The van der Waals surface area contributed by atoms with E-state index in [9.17, 15) is 4.79 Å². The zero-order valence-corrected chi connectivity index (χ0v) is 20.2. The van der Waals surface area contributed by atoms with E-state index in [-0.39, 0.29) is 41.7 Å². The topological polar surface area (TPSA) is 65.5 Å². The number of hydrogen-bond acceptors (Lipinski definition) is 2. The molecule has 5 nitrogen and oxygen atoms in total. The van der Waals surface area contributed by atoms with Gasteiger partial charge in [-0.15, -0.1) is 24.0 Å². The fourth-order valence-electron chi connectivity index (χ4n) is 3.46. The summed E-state index contributed by atoms with van der Waals surface area (Å²) in [5, 5.41) is 10.9. The van der Waals surface area contributed by atoms with Crippen LogP contribution in [-0.4, -0.2) is 32.0 Å². The Bertz CT molecular complexity index is 870. The Hall–Kier alpha value is -1.51. The average Bonchev–Trinajstić information content (AvgIpc) is 2.67. The monoisotopic (exact) mass is 546 g/mol. The van der Waals surface area contributed by atoms with E-state index in [0.717, 1.165) is 16.8 Å². The van der Waals surface area contributed by atoms with Gasteiger partial charge in [-0.25, -0.2) is 0 Å². The Morgan fingerprint density at radius 1 is 1.17 bits per heavy atom. The maximum atomic E-state index is 12.0. The number of anilines is 1. The summed E-state index contributed by atoms with van der Waals surface area (Å²) in [4.78, 5) is 16.3. The normalized spacial score (nSPS) is 16.9. The molecule has 0 bridgehead atoms. The number of hydrogen-bond donors (Lipinski definition) is 3. The van der Waals surface area contributed by atoms with Crippen molar-refractivity contribution in [1.82, 2.24) is 10.6 Å². The van der Waals surface area contributed by atoms with Crippen LogP contribution in [0.5, 0.6) is 0 Å². The highest BCUT2D eigenvalue weighted by atomic mass is 127. The number of benzene rings is 2. The Labute approximate surface area is 198 Å². The average molecular weight is 547 g/mol. The summed E-state index contributed by atoms with van der Waals surface area (Å²) in [6.45, 7) is 3.31. The molecule has 8 heteroatoms. The van der Waals surface area contributed by atoms with E-state index < -0.39 is 0 Å². The van der Waals surface area contributed by atoms with Gasteiger partial charge in [0, 0.05) is 54.1 Å². The van der Waals surface area contributed by atoms with Crippen molar-refractivity contribution < 1.29 is 4.79 Å². The number of amides is 1. The molecule has 3 N–H and O–H groups in total. The number of para-hydroxylation sites is 1. The van der Waals surface area contributed by atoms with Crippen LogP contribution >= 0.6 is 47.2 Å². The summed E-state index contributed by atoms with van der Waals surface area (Å²) in [6, 6.07) is 13.4. The highest BCUT2D eigenvalue weighted by molar-refractivity contribution is 14.0. The Morgan fingerprint density at radius 3 is 2.55 bits per heavy atom. The smallest absolute Gasteiger partial charge is 0.225 e. The molecule has 29 heavy (non-hydrogen) atoms. The van der Waals surface area contributed by atoms with Crippen molar-refractivity contribution in [3.05, 3.63) is 63.6 Å². The second-order valence-electron chi connectivity index (χ2n) is 6.91. The number of guanidine groups is 1. The van der Waals surface area contributed by atoms with E-state index in [1.165, 1.54) is 0 Å². The van der Waals surface area contributed by atoms with Gasteiger partial charge in [0.1, 0.15) is 0 Å². The largest absolute Gasteiger partial charge is 0.356 e. The predicted molar refractivity (Wildman–Crippen MR) is 132 cm³/mol. The van der Waals surface area contributed by atoms with Crippen LogP contribution in [0, 0.1) is 0 Å². The minimum atomic E-state index is 0. The first kappa shape index (κ1) is 23.8. The molecule has 0 spiro atoms. The van der Waals surface area contributed by atoms with Gasteiger partial charge in [-0.1, -0.05) is 54.4 Å². The van der Waals surface area contributed by atoms with Gasteiger partial charge in [0.15, 0.2) is 5.96 Å². The maximum Gasteiger partial charge on any atom is 0.225 e. The minimum absolute atomic E-state index is 0. The van der Waals surface area contributed by atoms with Gasteiger partial charge in [-0.3, -0.25) is 9.79 Å². The molecule has 156 valence electrons. The number of carbonyl (C=O) groups is 1. The number of carbonyl (C=O) groups excluding carboxylic acids is 1. The third-order valence-corrected chi connectivity index (χ3v) is 5.57. The molecule has 1 aliphatic heterocycles. The maximum absolute atomic E-state index is 12.0. The van der Waals surface area contributed by atoms with Crippen molar-refractivity contribution in [2.45, 2.75) is 25.2 Å². The second-order valence-corrected chi connectivity index (χ2v) is 7.72. The summed E-state index contributed by atoms with van der Waals surface area (Å²) in [5.74, 6) is 0.925. The van der Waals surface area contributed by atoms with Crippen LogP contribution in [0.15, 0.2) is 47.5 Å². The van der Waals surface area contributed by atoms with Crippen LogP contribution in [-0.2, 0) is 4.79 Å². The lowest BCUT2D eigenvalue weighted by atomic mass is 9.90. The molecule has 2 unspecified atom stereocenters. The molecular weight excluding hydrogens is 522 g/mol. The molecule has 3 rings (SSSR count). The second kappa shape index (κ2) is 11.0. The quantitative estimate of drug-likeness (QED) is 0.281. The number of nitrogens with one attached hydrogen (secondary N) is 3. The molecule has 2 atom stereocenters. The van der Waals surface area contributed by atoms with Gasteiger partial charge in [-0.2, -0.15) is 0 Å². The Balaban J connectivity index is 0.00000300. The van der Waals surface area contributed by atoms with Crippen molar-refractivity contribution in [3.8, 4) is 0 Å². The SMILES string of the molecule is CN=C(NCC(C)c1c(Cl)cccc1Cl)NCC1CC(=O)Nc2ccccc21.I. The van der Waals surface area contributed by atoms with Gasteiger partial charge >= 0.3 is 0 Å². The summed E-state index contributed by atoms with van der Waals surface area (Å²) < 4.78 is 0. The molecule has 0 aromatic heterocycles. The molecule has 1 heterocycles. The predicted octanol–water partition coefficient (Wildman–Crippen LogP) is 5.01. The molecule has 2 aromatic rings. The van der Waals surface area contributed by atoms with Crippen LogP contribution in [0.25, 0.3) is 0 Å². The van der Waals surface area contributed by atoms with Gasteiger partial charge in [-0.05, 0) is 29.3 Å². The molecule has 0 aliphatic carbocycles. The lowest BCUT2D eigenvalue weighted by Gasteiger charge is -2.26. The fraction of sp³-hybridized carbons (Fsp3) is 0.333. The first-order valence-electron chi connectivity index (χ1n) is 9.26.